The Morgan fingerprint density at radius 2 is 2.24 bits per heavy atom. The number of hydrogen-bond acceptors (Lipinski definition) is 4. The number of aliphatic hydroxyl groups is 1. The highest BCUT2D eigenvalue weighted by Gasteiger charge is 2.34. The first-order valence-electron chi connectivity index (χ1n) is 6.12. The van der Waals surface area contributed by atoms with Crippen LogP contribution in [0.5, 0.6) is 0 Å². The van der Waals surface area contributed by atoms with Gasteiger partial charge in [-0.2, -0.15) is 0 Å². The van der Waals surface area contributed by atoms with Gasteiger partial charge in [0.05, 0.1) is 25.4 Å². The molecule has 0 aromatic rings. The van der Waals surface area contributed by atoms with Crippen LogP contribution in [-0.4, -0.2) is 79.5 Å². The summed E-state index contributed by atoms with van der Waals surface area (Å²) >= 11 is 0. The monoisotopic (exact) mass is 243 g/mol. The van der Waals surface area contributed by atoms with Crippen molar-refractivity contribution in [2.45, 2.75) is 12.0 Å². The molecule has 2 amide bonds. The molecule has 0 aromatic heterocycles. The Kier molecular flexibility index (Phi) is 3.86. The van der Waals surface area contributed by atoms with E-state index in [4.69, 9.17) is 4.74 Å². The lowest BCUT2D eigenvalue weighted by atomic mass is 10.0. The maximum absolute atomic E-state index is 12.1. The SMILES string of the molecule is CN(CC1(O)CCNC1)C(=O)N1CCOCC1. The van der Waals surface area contributed by atoms with E-state index in [9.17, 15) is 9.90 Å². The third-order valence-electron chi connectivity index (χ3n) is 3.36. The minimum absolute atomic E-state index is 0.0198. The van der Waals surface area contributed by atoms with Gasteiger partial charge in [0.25, 0.3) is 0 Å². The number of morpholine rings is 1. The predicted molar refractivity (Wildman–Crippen MR) is 62.9 cm³/mol. The Labute approximate surface area is 102 Å². The largest absolute Gasteiger partial charge is 0.387 e. The summed E-state index contributed by atoms with van der Waals surface area (Å²) in [5.41, 5.74) is -0.767. The first kappa shape index (κ1) is 12.6. The first-order chi connectivity index (χ1) is 8.11. The summed E-state index contributed by atoms with van der Waals surface area (Å²) in [5, 5.41) is 13.3. The third-order valence-corrected chi connectivity index (χ3v) is 3.36. The van der Waals surface area contributed by atoms with E-state index in [0.29, 0.717) is 45.8 Å². The highest BCUT2D eigenvalue weighted by molar-refractivity contribution is 5.74. The van der Waals surface area contributed by atoms with Crippen LogP contribution < -0.4 is 5.32 Å². The number of ether oxygens (including phenoxy) is 1. The minimum atomic E-state index is -0.767. The van der Waals surface area contributed by atoms with Gasteiger partial charge in [-0.3, -0.25) is 0 Å². The molecule has 1 atom stereocenters. The number of nitrogens with zero attached hydrogens (tertiary/aromatic N) is 2. The van der Waals surface area contributed by atoms with Crippen LogP contribution in [0, 0.1) is 0 Å². The van der Waals surface area contributed by atoms with Crippen LogP contribution in [-0.2, 0) is 4.74 Å². The summed E-state index contributed by atoms with van der Waals surface area (Å²) in [5.74, 6) is 0. The maximum Gasteiger partial charge on any atom is 0.320 e. The standard InChI is InChI=1S/C11H21N3O3/c1-13(9-11(16)2-3-12-8-11)10(15)14-4-6-17-7-5-14/h12,16H,2-9H2,1H3. The van der Waals surface area contributed by atoms with E-state index < -0.39 is 5.60 Å². The number of hydrogen-bond donors (Lipinski definition) is 2. The van der Waals surface area contributed by atoms with Crippen LogP contribution in [0.1, 0.15) is 6.42 Å². The number of rotatable bonds is 2. The van der Waals surface area contributed by atoms with Crippen LogP contribution in [0.15, 0.2) is 0 Å². The van der Waals surface area contributed by atoms with Crippen molar-refractivity contribution in [1.82, 2.24) is 15.1 Å². The van der Waals surface area contributed by atoms with Gasteiger partial charge in [0.15, 0.2) is 0 Å². The molecule has 2 aliphatic rings. The van der Waals surface area contributed by atoms with Crippen molar-refractivity contribution in [3.63, 3.8) is 0 Å². The maximum atomic E-state index is 12.1. The van der Waals surface area contributed by atoms with E-state index in [1.807, 2.05) is 0 Å². The molecule has 0 aliphatic carbocycles. The van der Waals surface area contributed by atoms with Crippen LogP contribution in [0.25, 0.3) is 0 Å². The fourth-order valence-corrected chi connectivity index (χ4v) is 2.37. The molecular weight excluding hydrogens is 222 g/mol. The van der Waals surface area contributed by atoms with Gasteiger partial charge in [0.1, 0.15) is 0 Å². The summed E-state index contributed by atoms with van der Waals surface area (Å²) in [6, 6.07) is -0.0198. The summed E-state index contributed by atoms with van der Waals surface area (Å²) in [6.07, 6.45) is 0.702. The van der Waals surface area contributed by atoms with Crippen molar-refractivity contribution in [3.8, 4) is 0 Å². The third kappa shape index (κ3) is 3.08. The number of carbonyl (C=O) groups is 1. The Balaban J connectivity index is 1.85. The van der Waals surface area contributed by atoms with E-state index in [2.05, 4.69) is 5.32 Å². The molecule has 2 N–H and O–H groups in total. The smallest absolute Gasteiger partial charge is 0.320 e. The minimum Gasteiger partial charge on any atom is -0.387 e. The average Bonchev–Trinajstić information content (AvgIpc) is 2.76. The van der Waals surface area contributed by atoms with Gasteiger partial charge >= 0.3 is 6.03 Å². The topological polar surface area (TPSA) is 65.0 Å². The molecule has 2 aliphatic heterocycles. The fraction of sp³-hybridized carbons (Fsp3) is 0.909. The van der Waals surface area contributed by atoms with Crippen molar-refractivity contribution >= 4 is 6.03 Å². The van der Waals surface area contributed by atoms with E-state index in [0.717, 1.165) is 6.54 Å². The number of likely N-dealkylation sites (N-methyl/N-ethyl adjacent to an activating group) is 1. The zero-order valence-electron chi connectivity index (χ0n) is 10.3. The molecule has 2 rings (SSSR count). The molecule has 6 nitrogen and oxygen atoms in total. The average molecular weight is 243 g/mol. The van der Waals surface area contributed by atoms with E-state index in [-0.39, 0.29) is 6.03 Å². The van der Waals surface area contributed by atoms with Gasteiger partial charge in [0.2, 0.25) is 0 Å². The summed E-state index contributed by atoms with van der Waals surface area (Å²) in [6.45, 7) is 4.25. The van der Waals surface area contributed by atoms with Crippen molar-refractivity contribution in [2.24, 2.45) is 0 Å². The Morgan fingerprint density at radius 3 is 2.82 bits per heavy atom. The zero-order valence-corrected chi connectivity index (χ0v) is 10.3. The summed E-state index contributed by atoms with van der Waals surface area (Å²) in [4.78, 5) is 15.5. The fourth-order valence-electron chi connectivity index (χ4n) is 2.37. The molecule has 0 saturated carbocycles. The molecule has 2 saturated heterocycles. The molecule has 0 aromatic carbocycles. The number of urea groups is 1. The van der Waals surface area contributed by atoms with Crippen LogP contribution >= 0.6 is 0 Å². The van der Waals surface area contributed by atoms with E-state index >= 15 is 0 Å². The molecule has 2 heterocycles. The lowest BCUT2D eigenvalue weighted by Gasteiger charge is -2.34. The highest BCUT2D eigenvalue weighted by atomic mass is 16.5. The summed E-state index contributed by atoms with van der Waals surface area (Å²) < 4.78 is 5.21. The lowest BCUT2D eigenvalue weighted by molar-refractivity contribution is 0.0181. The van der Waals surface area contributed by atoms with Crippen LogP contribution in [0.3, 0.4) is 0 Å². The Hall–Kier alpha value is -0.850. The van der Waals surface area contributed by atoms with Gasteiger partial charge in [0, 0.05) is 26.7 Å². The van der Waals surface area contributed by atoms with Gasteiger partial charge in [-0.15, -0.1) is 0 Å². The van der Waals surface area contributed by atoms with Crippen molar-refractivity contribution < 1.29 is 14.6 Å². The molecular formula is C11H21N3O3. The van der Waals surface area contributed by atoms with Crippen molar-refractivity contribution in [1.29, 1.82) is 0 Å². The zero-order chi connectivity index (χ0) is 12.3. The number of carbonyl (C=O) groups excluding carboxylic acids is 1. The highest BCUT2D eigenvalue weighted by Crippen LogP contribution is 2.16. The normalized spacial score (nSPS) is 29.4. The Morgan fingerprint density at radius 1 is 1.53 bits per heavy atom. The van der Waals surface area contributed by atoms with Gasteiger partial charge in [-0.05, 0) is 13.0 Å². The van der Waals surface area contributed by atoms with Crippen LogP contribution in [0.4, 0.5) is 4.79 Å². The predicted octanol–water partition coefficient (Wildman–Crippen LogP) is -0.905. The van der Waals surface area contributed by atoms with Crippen molar-refractivity contribution in [3.05, 3.63) is 0 Å². The quantitative estimate of drug-likeness (QED) is 0.659. The second-order valence-corrected chi connectivity index (χ2v) is 4.89. The summed E-state index contributed by atoms with van der Waals surface area (Å²) in [7, 11) is 1.74. The van der Waals surface area contributed by atoms with Crippen LogP contribution in [0.2, 0.25) is 0 Å². The molecule has 17 heavy (non-hydrogen) atoms. The molecule has 0 spiro atoms. The molecule has 0 radical (unpaired) electrons. The molecule has 2 fully saturated rings. The lowest BCUT2D eigenvalue weighted by Crippen LogP contribution is -2.52. The number of β-amino-alcohol motifs (C(OH)–C–C–N with tert-alkyl or cyclic N) is 1. The molecule has 98 valence electrons. The second kappa shape index (κ2) is 5.20. The van der Waals surface area contributed by atoms with Gasteiger partial charge in [-0.25, -0.2) is 4.79 Å². The van der Waals surface area contributed by atoms with Gasteiger partial charge < -0.3 is 25.0 Å². The molecule has 6 heteroatoms. The molecule has 0 bridgehead atoms. The number of nitrogens with one attached hydrogen (secondary N) is 1. The first-order valence-corrected chi connectivity index (χ1v) is 6.12. The second-order valence-electron chi connectivity index (χ2n) is 4.89. The Bertz CT molecular complexity index is 273. The van der Waals surface area contributed by atoms with E-state index in [1.165, 1.54) is 0 Å². The van der Waals surface area contributed by atoms with Gasteiger partial charge in [-0.1, -0.05) is 0 Å². The van der Waals surface area contributed by atoms with E-state index in [1.54, 1.807) is 16.8 Å². The number of amides is 2. The molecule has 1 unspecified atom stereocenters. The van der Waals surface area contributed by atoms with Crippen molar-refractivity contribution in [2.75, 3.05) is 53.0 Å².